The molecule has 1 aromatic rings. The number of cyclic esters (lactones) is 1. The highest BCUT2D eigenvalue weighted by Crippen LogP contribution is 2.28. The maximum absolute atomic E-state index is 10.8. The summed E-state index contributed by atoms with van der Waals surface area (Å²) in [4.78, 5) is 25.0. The van der Waals surface area contributed by atoms with Gasteiger partial charge in [-0.3, -0.25) is 15.1 Å². The fourth-order valence-electron chi connectivity index (χ4n) is 1.39. The first-order valence-corrected chi connectivity index (χ1v) is 5.10. The minimum Gasteiger partial charge on any atom is -0.447 e. The Morgan fingerprint density at radius 2 is 2.44 bits per heavy atom. The van der Waals surface area contributed by atoms with E-state index in [0.29, 0.717) is 4.47 Å². The lowest BCUT2D eigenvalue weighted by atomic mass is 10.2. The number of hydrogen-bond donors (Lipinski definition) is 1. The quantitative estimate of drug-likeness (QED) is 0.657. The van der Waals surface area contributed by atoms with Crippen molar-refractivity contribution in [3.63, 3.8) is 0 Å². The molecule has 1 amide bonds. The number of nitro groups is 1. The van der Waals surface area contributed by atoms with Crippen molar-refractivity contribution in [1.82, 2.24) is 10.3 Å². The normalized spacial score (nSPS) is 19.1. The Balaban J connectivity index is 2.40. The molecule has 1 atom stereocenters. The molecular formula is C8H6BrN3O4. The molecule has 0 radical (unpaired) electrons. The number of nitrogens with one attached hydrogen (secondary N) is 1. The van der Waals surface area contributed by atoms with Crippen molar-refractivity contribution < 1.29 is 14.5 Å². The molecule has 2 heterocycles. The molecule has 0 bridgehead atoms. The predicted octanol–water partition coefficient (Wildman–Crippen LogP) is 1.53. The number of hydrogen-bond acceptors (Lipinski definition) is 5. The molecule has 7 nitrogen and oxygen atoms in total. The van der Waals surface area contributed by atoms with Crippen LogP contribution >= 0.6 is 15.9 Å². The van der Waals surface area contributed by atoms with Gasteiger partial charge in [-0.15, -0.1) is 0 Å². The Hall–Kier alpha value is -1.70. The van der Waals surface area contributed by atoms with Crippen molar-refractivity contribution in [2.75, 3.05) is 6.61 Å². The van der Waals surface area contributed by atoms with E-state index >= 15 is 0 Å². The third-order valence-corrected chi connectivity index (χ3v) is 2.50. The van der Waals surface area contributed by atoms with Crippen LogP contribution in [0.2, 0.25) is 0 Å². The molecule has 84 valence electrons. The molecular weight excluding hydrogens is 282 g/mol. The van der Waals surface area contributed by atoms with Crippen molar-refractivity contribution in [2.24, 2.45) is 0 Å². The first-order valence-electron chi connectivity index (χ1n) is 4.31. The van der Waals surface area contributed by atoms with Crippen molar-refractivity contribution in [2.45, 2.75) is 6.04 Å². The maximum atomic E-state index is 10.8. The van der Waals surface area contributed by atoms with Crippen molar-refractivity contribution in [3.05, 3.63) is 32.5 Å². The second-order valence-corrected chi connectivity index (χ2v) is 4.03. The van der Waals surface area contributed by atoms with E-state index in [1.54, 1.807) is 0 Å². The summed E-state index contributed by atoms with van der Waals surface area (Å²) in [5.74, 6) is 0. The molecule has 2 rings (SSSR count). The SMILES string of the molecule is O=C1NC(c2ncc(Br)cc2[N+](=O)[O-])CO1. The summed E-state index contributed by atoms with van der Waals surface area (Å²) in [6.07, 6.45) is 0.844. The van der Waals surface area contributed by atoms with E-state index in [1.165, 1.54) is 12.3 Å². The summed E-state index contributed by atoms with van der Waals surface area (Å²) in [6, 6.07) is 0.772. The second kappa shape index (κ2) is 4.05. The van der Waals surface area contributed by atoms with E-state index in [4.69, 9.17) is 0 Å². The van der Waals surface area contributed by atoms with Gasteiger partial charge in [0.2, 0.25) is 0 Å². The summed E-state index contributed by atoms with van der Waals surface area (Å²) in [7, 11) is 0. The van der Waals surface area contributed by atoms with Crippen LogP contribution in [-0.4, -0.2) is 22.6 Å². The third kappa shape index (κ3) is 1.96. The predicted molar refractivity (Wildman–Crippen MR) is 55.8 cm³/mol. The van der Waals surface area contributed by atoms with Crippen molar-refractivity contribution in [3.8, 4) is 0 Å². The number of alkyl carbamates (subject to hydrolysis) is 1. The van der Waals surface area contributed by atoms with E-state index in [2.05, 4.69) is 31.0 Å². The number of rotatable bonds is 2. The van der Waals surface area contributed by atoms with E-state index in [1.807, 2.05) is 0 Å². The van der Waals surface area contributed by atoms with Gasteiger partial charge in [-0.25, -0.2) is 4.79 Å². The van der Waals surface area contributed by atoms with Gasteiger partial charge in [-0.05, 0) is 15.9 Å². The summed E-state index contributed by atoms with van der Waals surface area (Å²) in [6.45, 7) is 0.0499. The molecule has 1 saturated heterocycles. The van der Waals surface area contributed by atoms with E-state index in [9.17, 15) is 14.9 Å². The van der Waals surface area contributed by atoms with Crippen LogP contribution in [0.4, 0.5) is 10.5 Å². The largest absolute Gasteiger partial charge is 0.447 e. The lowest BCUT2D eigenvalue weighted by Gasteiger charge is -2.06. The summed E-state index contributed by atoms with van der Waals surface area (Å²) in [5.41, 5.74) is 0.0456. The Morgan fingerprint density at radius 3 is 3.00 bits per heavy atom. The smallest absolute Gasteiger partial charge is 0.407 e. The van der Waals surface area contributed by atoms with Crippen molar-refractivity contribution in [1.29, 1.82) is 0 Å². The molecule has 0 aromatic carbocycles. The molecule has 0 spiro atoms. The molecule has 0 saturated carbocycles. The lowest BCUT2D eigenvalue weighted by molar-refractivity contribution is -0.386. The van der Waals surface area contributed by atoms with Gasteiger partial charge in [0.05, 0.1) is 4.92 Å². The summed E-state index contributed by atoms with van der Waals surface area (Å²) < 4.78 is 5.17. The van der Waals surface area contributed by atoms with Crippen LogP contribution in [0.5, 0.6) is 0 Å². The summed E-state index contributed by atoms with van der Waals surface area (Å²) in [5, 5.41) is 13.2. The highest BCUT2D eigenvalue weighted by Gasteiger charge is 2.31. The zero-order valence-electron chi connectivity index (χ0n) is 7.84. The van der Waals surface area contributed by atoms with Crippen molar-refractivity contribution >= 4 is 27.7 Å². The first-order chi connectivity index (χ1) is 7.58. The molecule has 1 fully saturated rings. The lowest BCUT2D eigenvalue weighted by Crippen LogP contribution is -2.20. The number of amides is 1. The number of nitrogens with zero attached hydrogens (tertiary/aromatic N) is 2. The second-order valence-electron chi connectivity index (χ2n) is 3.11. The zero-order chi connectivity index (χ0) is 11.7. The van der Waals surface area contributed by atoms with Crippen LogP contribution < -0.4 is 5.32 Å². The molecule has 1 aliphatic heterocycles. The van der Waals surface area contributed by atoms with Crippen LogP contribution in [0.3, 0.4) is 0 Å². The van der Waals surface area contributed by atoms with Crippen LogP contribution in [-0.2, 0) is 4.74 Å². The van der Waals surface area contributed by atoms with Gasteiger partial charge in [-0.1, -0.05) is 0 Å². The van der Waals surface area contributed by atoms with Gasteiger partial charge >= 0.3 is 6.09 Å². The molecule has 1 N–H and O–H groups in total. The maximum Gasteiger partial charge on any atom is 0.407 e. The Morgan fingerprint density at radius 1 is 1.69 bits per heavy atom. The molecule has 8 heteroatoms. The molecule has 1 unspecified atom stereocenters. The number of pyridine rings is 1. The average molecular weight is 288 g/mol. The Kier molecular flexibility index (Phi) is 2.73. The van der Waals surface area contributed by atoms with E-state index < -0.39 is 17.1 Å². The average Bonchev–Trinajstić information content (AvgIpc) is 2.64. The fraction of sp³-hybridized carbons (Fsp3) is 0.250. The van der Waals surface area contributed by atoms with Crippen LogP contribution in [0, 0.1) is 10.1 Å². The highest BCUT2D eigenvalue weighted by molar-refractivity contribution is 9.10. The topological polar surface area (TPSA) is 94.4 Å². The van der Waals surface area contributed by atoms with Crippen LogP contribution in [0.1, 0.15) is 11.7 Å². The van der Waals surface area contributed by atoms with Crippen LogP contribution in [0.25, 0.3) is 0 Å². The molecule has 16 heavy (non-hydrogen) atoms. The number of aromatic nitrogens is 1. The van der Waals surface area contributed by atoms with E-state index in [-0.39, 0.29) is 18.0 Å². The zero-order valence-corrected chi connectivity index (χ0v) is 9.43. The number of halogens is 1. The number of ether oxygens (including phenoxy) is 1. The Labute approximate surface area is 98.1 Å². The molecule has 0 aliphatic carbocycles. The third-order valence-electron chi connectivity index (χ3n) is 2.06. The molecule has 1 aromatic heterocycles. The van der Waals surface area contributed by atoms with Gasteiger partial charge < -0.3 is 10.1 Å². The minimum atomic E-state index is -0.594. The molecule has 1 aliphatic rings. The summed E-state index contributed by atoms with van der Waals surface area (Å²) >= 11 is 3.10. The van der Waals surface area contributed by atoms with Gasteiger partial charge in [0, 0.05) is 16.7 Å². The Bertz CT molecular complexity index is 465. The monoisotopic (exact) mass is 287 g/mol. The fourth-order valence-corrected chi connectivity index (χ4v) is 1.70. The van der Waals surface area contributed by atoms with Gasteiger partial charge in [0.15, 0.2) is 0 Å². The minimum absolute atomic E-state index is 0.0499. The first kappa shape index (κ1) is 10.8. The highest BCUT2D eigenvalue weighted by atomic mass is 79.9. The van der Waals surface area contributed by atoms with Gasteiger partial charge in [0.25, 0.3) is 5.69 Å². The standard InChI is InChI=1S/C8H6BrN3O4/c9-4-1-6(12(14)15)7(10-2-4)5-3-16-8(13)11-5/h1-2,5H,3H2,(H,11,13). The number of carbonyl (C=O) groups excluding carboxylic acids is 1. The van der Waals surface area contributed by atoms with E-state index in [0.717, 1.165) is 0 Å². The van der Waals surface area contributed by atoms with Gasteiger partial charge in [0.1, 0.15) is 18.3 Å². The van der Waals surface area contributed by atoms with Crippen LogP contribution in [0.15, 0.2) is 16.7 Å². The number of carbonyl (C=O) groups is 1. The van der Waals surface area contributed by atoms with Gasteiger partial charge in [-0.2, -0.15) is 0 Å².